The number of allylic oxidation sites excluding steroid dienone is 6. The van der Waals surface area contributed by atoms with Crippen molar-refractivity contribution in [3.8, 4) is 11.6 Å². The maximum atomic E-state index is 13.0. The first-order valence-corrected chi connectivity index (χ1v) is 8.08. The summed E-state index contributed by atoms with van der Waals surface area (Å²) in [5.41, 5.74) is 10.8. The van der Waals surface area contributed by atoms with Crippen LogP contribution in [0.2, 0.25) is 0 Å². The van der Waals surface area contributed by atoms with Crippen molar-refractivity contribution in [2.75, 3.05) is 7.11 Å². The third-order valence-electron chi connectivity index (χ3n) is 4.37. The number of fused-ring (bicyclic) bond motifs is 1. The molecule has 3 rings (SSSR count). The standard InChI is InChI=1S/C19H18N4O3/c1-12-6-4-5-7-14(12)10-18(24)23-17-9-8-15(25-3)11-16(17)13(2)19(23)26-22-21-20/h4-12H,1-3H3/b14-10+. The molecule has 0 aliphatic heterocycles. The summed E-state index contributed by atoms with van der Waals surface area (Å²) in [6.07, 6.45) is 9.32. The van der Waals surface area contributed by atoms with Crippen LogP contribution in [0.1, 0.15) is 17.3 Å². The molecule has 0 spiro atoms. The van der Waals surface area contributed by atoms with Crippen molar-refractivity contribution < 1.29 is 14.4 Å². The van der Waals surface area contributed by atoms with Crippen LogP contribution in [0.5, 0.6) is 11.6 Å². The van der Waals surface area contributed by atoms with Crippen LogP contribution in [-0.2, 0) is 0 Å². The number of methoxy groups -OCH3 is 1. The van der Waals surface area contributed by atoms with Gasteiger partial charge in [0.1, 0.15) is 11.0 Å². The van der Waals surface area contributed by atoms with Gasteiger partial charge in [-0.05, 0) is 42.1 Å². The summed E-state index contributed by atoms with van der Waals surface area (Å²) in [5.74, 6) is 0.704. The highest BCUT2D eigenvalue weighted by Crippen LogP contribution is 2.34. The van der Waals surface area contributed by atoms with Crippen molar-refractivity contribution in [2.45, 2.75) is 13.8 Å². The molecule has 2 aromatic rings. The average Bonchev–Trinajstić information content (AvgIpc) is 2.93. The summed E-state index contributed by atoms with van der Waals surface area (Å²) in [4.78, 5) is 20.8. The third kappa shape index (κ3) is 3.08. The fourth-order valence-corrected chi connectivity index (χ4v) is 2.96. The first kappa shape index (κ1) is 17.4. The van der Waals surface area contributed by atoms with Crippen LogP contribution < -0.4 is 9.57 Å². The van der Waals surface area contributed by atoms with E-state index < -0.39 is 0 Å². The zero-order chi connectivity index (χ0) is 18.7. The highest BCUT2D eigenvalue weighted by molar-refractivity contribution is 6.02. The Hall–Kier alpha value is -3.44. The number of hydrogen-bond donors (Lipinski definition) is 0. The summed E-state index contributed by atoms with van der Waals surface area (Å²) in [7, 11) is 1.57. The van der Waals surface area contributed by atoms with Crippen molar-refractivity contribution in [3.63, 3.8) is 0 Å². The summed E-state index contributed by atoms with van der Waals surface area (Å²) in [6, 6.07) is 5.36. The van der Waals surface area contributed by atoms with Crippen LogP contribution in [0.25, 0.3) is 21.3 Å². The molecule has 132 valence electrons. The monoisotopic (exact) mass is 350 g/mol. The predicted octanol–water partition coefficient (Wildman–Crippen LogP) is 4.89. The molecular weight excluding hydrogens is 332 g/mol. The van der Waals surface area contributed by atoms with Gasteiger partial charge in [0.15, 0.2) is 0 Å². The minimum atomic E-state index is -0.279. The molecule has 1 aromatic heterocycles. The second-order valence-electron chi connectivity index (χ2n) is 5.93. The van der Waals surface area contributed by atoms with Crippen LogP contribution in [-0.4, -0.2) is 17.6 Å². The maximum Gasteiger partial charge on any atom is 0.258 e. The summed E-state index contributed by atoms with van der Waals surface area (Å²) >= 11 is 0. The number of ether oxygens (including phenoxy) is 1. The number of rotatable bonds is 4. The lowest BCUT2D eigenvalue weighted by Gasteiger charge is -2.12. The molecule has 1 aliphatic carbocycles. The molecule has 1 aliphatic rings. The lowest BCUT2D eigenvalue weighted by atomic mass is 9.96. The molecule has 7 heteroatoms. The van der Waals surface area contributed by atoms with Gasteiger partial charge in [-0.3, -0.25) is 4.79 Å². The lowest BCUT2D eigenvalue weighted by Crippen LogP contribution is -2.11. The molecule has 0 fully saturated rings. The summed E-state index contributed by atoms with van der Waals surface area (Å²) in [6.45, 7) is 3.81. The molecule has 1 aromatic carbocycles. The molecule has 0 bridgehead atoms. The number of aryl methyl sites for hydroxylation is 1. The van der Waals surface area contributed by atoms with Gasteiger partial charge in [0.25, 0.3) is 5.91 Å². The first-order chi connectivity index (χ1) is 12.6. The third-order valence-corrected chi connectivity index (χ3v) is 4.37. The van der Waals surface area contributed by atoms with E-state index in [1.807, 2.05) is 37.3 Å². The lowest BCUT2D eigenvalue weighted by molar-refractivity contribution is 0.0960. The fraction of sp³-hybridized carbons (Fsp3) is 0.211. The van der Waals surface area contributed by atoms with Crippen molar-refractivity contribution in [1.82, 2.24) is 4.57 Å². The van der Waals surface area contributed by atoms with E-state index in [2.05, 4.69) is 10.2 Å². The maximum absolute atomic E-state index is 13.0. The molecule has 1 unspecified atom stereocenters. The molecule has 1 atom stereocenters. The molecule has 0 amide bonds. The number of hydrogen-bond acceptors (Lipinski definition) is 4. The minimum absolute atomic E-state index is 0.133. The van der Waals surface area contributed by atoms with Crippen molar-refractivity contribution in [1.29, 1.82) is 0 Å². The Morgan fingerprint density at radius 3 is 2.88 bits per heavy atom. The predicted molar refractivity (Wildman–Crippen MR) is 99.2 cm³/mol. The van der Waals surface area contributed by atoms with Gasteiger partial charge in [-0.25, -0.2) is 4.57 Å². The Morgan fingerprint density at radius 2 is 2.19 bits per heavy atom. The smallest absolute Gasteiger partial charge is 0.258 e. The Bertz CT molecular complexity index is 1010. The summed E-state index contributed by atoms with van der Waals surface area (Å²) < 4.78 is 6.67. The quantitative estimate of drug-likeness (QED) is 0.258. The van der Waals surface area contributed by atoms with E-state index in [9.17, 15) is 4.79 Å². The van der Waals surface area contributed by atoms with Crippen LogP contribution in [0.15, 0.2) is 59.4 Å². The van der Waals surface area contributed by atoms with Crippen molar-refractivity contribution in [3.05, 3.63) is 70.2 Å². The number of benzene rings is 1. The number of aromatic nitrogens is 1. The van der Waals surface area contributed by atoms with Crippen molar-refractivity contribution in [2.24, 2.45) is 11.2 Å². The molecule has 0 saturated carbocycles. The molecule has 0 N–H and O–H groups in total. The largest absolute Gasteiger partial charge is 0.497 e. The van der Waals surface area contributed by atoms with Gasteiger partial charge in [0.05, 0.1) is 12.6 Å². The molecule has 7 nitrogen and oxygen atoms in total. The van der Waals surface area contributed by atoms with E-state index in [4.69, 9.17) is 15.1 Å². The van der Waals surface area contributed by atoms with E-state index in [0.29, 0.717) is 16.8 Å². The molecule has 1 heterocycles. The number of azide groups is 1. The number of nitrogens with zero attached hydrogens (tertiary/aromatic N) is 4. The van der Waals surface area contributed by atoms with E-state index in [0.717, 1.165) is 11.0 Å². The van der Waals surface area contributed by atoms with E-state index in [-0.39, 0.29) is 17.7 Å². The van der Waals surface area contributed by atoms with E-state index in [1.54, 1.807) is 32.2 Å². The normalized spacial score (nSPS) is 17.3. The highest BCUT2D eigenvalue weighted by atomic mass is 16.6. The van der Waals surface area contributed by atoms with E-state index >= 15 is 0 Å². The van der Waals surface area contributed by atoms with Crippen LogP contribution in [0, 0.1) is 12.8 Å². The van der Waals surface area contributed by atoms with Gasteiger partial charge in [-0.1, -0.05) is 31.2 Å². The van der Waals surface area contributed by atoms with Gasteiger partial charge in [-0.2, -0.15) is 0 Å². The van der Waals surface area contributed by atoms with Crippen LogP contribution >= 0.6 is 0 Å². The fourth-order valence-electron chi connectivity index (χ4n) is 2.96. The average molecular weight is 350 g/mol. The van der Waals surface area contributed by atoms with Crippen LogP contribution in [0.4, 0.5) is 0 Å². The molecular formula is C19H18N4O3. The topological polar surface area (TPSA) is 89.2 Å². The van der Waals surface area contributed by atoms with Gasteiger partial charge >= 0.3 is 0 Å². The zero-order valence-corrected chi connectivity index (χ0v) is 14.7. The Kier molecular flexibility index (Phi) is 4.82. The second-order valence-corrected chi connectivity index (χ2v) is 5.93. The Morgan fingerprint density at radius 1 is 1.38 bits per heavy atom. The minimum Gasteiger partial charge on any atom is -0.497 e. The van der Waals surface area contributed by atoms with Crippen molar-refractivity contribution >= 4 is 16.8 Å². The van der Waals surface area contributed by atoms with E-state index in [1.165, 1.54) is 4.57 Å². The Balaban J connectivity index is 2.18. The van der Waals surface area contributed by atoms with Gasteiger partial charge in [0.2, 0.25) is 5.88 Å². The zero-order valence-electron chi connectivity index (χ0n) is 14.7. The Labute approximate surface area is 150 Å². The molecule has 26 heavy (non-hydrogen) atoms. The number of carbonyl (C=O) groups is 1. The SMILES string of the molecule is COc1ccc2c(c1)c(C)c(ON=[N+]=[N-])n2C(=O)/C=C1\C=CC=CC1C. The number of carbonyl (C=O) groups excluding carboxylic acids is 1. The molecule has 0 saturated heterocycles. The summed E-state index contributed by atoms with van der Waals surface area (Å²) in [5, 5.41) is 3.96. The van der Waals surface area contributed by atoms with Gasteiger partial charge in [-0.15, -0.1) is 0 Å². The first-order valence-electron chi connectivity index (χ1n) is 8.08. The van der Waals surface area contributed by atoms with Gasteiger partial charge < -0.3 is 9.57 Å². The second kappa shape index (κ2) is 7.21. The van der Waals surface area contributed by atoms with Gasteiger partial charge in [0, 0.05) is 21.9 Å². The highest BCUT2D eigenvalue weighted by Gasteiger charge is 2.21. The van der Waals surface area contributed by atoms with Crippen LogP contribution in [0.3, 0.4) is 0 Å². The molecule has 0 radical (unpaired) electrons.